The number of aromatic nitrogens is 1. The van der Waals surface area contributed by atoms with E-state index in [-0.39, 0.29) is 12.0 Å². The molecule has 1 atom stereocenters. The molecule has 1 fully saturated rings. The summed E-state index contributed by atoms with van der Waals surface area (Å²) < 4.78 is 5.76. The van der Waals surface area contributed by atoms with Gasteiger partial charge < -0.3 is 14.5 Å². The Balaban J connectivity index is 1.44. The molecule has 0 saturated carbocycles. The second kappa shape index (κ2) is 7.58. The Kier molecular flexibility index (Phi) is 5.03. The average Bonchev–Trinajstić information content (AvgIpc) is 3.35. The fourth-order valence-electron chi connectivity index (χ4n) is 3.38. The molecule has 4 rings (SSSR count). The second-order valence-electron chi connectivity index (χ2n) is 6.48. The van der Waals surface area contributed by atoms with Crippen molar-refractivity contribution in [2.75, 3.05) is 26.2 Å². The Hall–Kier alpha value is -1.86. The SMILES string of the molecule is O=C(CC1=CSC2=NCCN12)N(Cc1ccncc1)C[C@H]1CCCO1. The number of aliphatic imine (C=N–C) groups is 1. The van der Waals surface area contributed by atoms with Gasteiger partial charge in [0.2, 0.25) is 5.91 Å². The number of pyridine rings is 1. The van der Waals surface area contributed by atoms with E-state index in [9.17, 15) is 4.79 Å². The first-order chi connectivity index (χ1) is 12.3. The lowest BCUT2D eigenvalue weighted by molar-refractivity contribution is -0.132. The summed E-state index contributed by atoms with van der Waals surface area (Å²) in [6, 6.07) is 3.93. The Morgan fingerprint density at radius 2 is 2.28 bits per heavy atom. The molecule has 0 spiro atoms. The maximum atomic E-state index is 13.0. The van der Waals surface area contributed by atoms with Gasteiger partial charge >= 0.3 is 0 Å². The van der Waals surface area contributed by atoms with Crippen LogP contribution in [0.15, 0.2) is 40.6 Å². The summed E-state index contributed by atoms with van der Waals surface area (Å²) in [5.41, 5.74) is 2.16. The zero-order chi connectivity index (χ0) is 17.1. The van der Waals surface area contributed by atoms with E-state index in [0.717, 1.165) is 49.0 Å². The van der Waals surface area contributed by atoms with E-state index < -0.39 is 0 Å². The smallest absolute Gasteiger partial charge is 0.228 e. The first-order valence-corrected chi connectivity index (χ1v) is 9.63. The molecule has 7 heteroatoms. The second-order valence-corrected chi connectivity index (χ2v) is 7.32. The number of carbonyl (C=O) groups is 1. The number of thioether (sulfide) groups is 1. The van der Waals surface area contributed by atoms with Crippen molar-refractivity contribution in [1.29, 1.82) is 0 Å². The molecular weight excluding hydrogens is 336 g/mol. The molecule has 132 valence electrons. The van der Waals surface area contributed by atoms with Gasteiger partial charge in [0, 0.05) is 44.3 Å². The molecule has 0 N–H and O–H groups in total. The average molecular weight is 358 g/mol. The molecule has 1 aromatic heterocycles. The number of hydrogen-bond donors (Lipinski definition) is 0. The van der Waals surface area contributed by atoms with Gasteiger partial charge in [-0.2, -0.15) is 0 Å². The molecule has 25 heavy (non-hydrogen) atoms. The molecule has 0 radical (unpaired) electrons. The van der Waals surface area contributed by atoms with Gasteiger partial charge in [0.15, 0.2) is 5.17 Å². The fourth-order valence-corrected chi connectivity index (χ4v) is 4.33. The molecule has 0 bridgehead atoms. The molecule has 4 heterocycles. The zero-order valence-electron chi connectivity index (χ0n) is 14.1. The number of amides is 1. The topological polar surface area (TPSA) is 58.0 Å². The van der Waals surface area contributed by atoms with Gasteiger partial charge in [-0.15, -0.1) is 0 Å². The van der Waals surface area contributed by atoms with Gasteiger partial charge in [-0.05, 0) is 35.9 Å². The summed E-state index contributed by atoms with van der Waals surface area (Å²) in [6.07, 6.45) is 6.23. The van der Waals surface area contributed by atoms with Crippen LogP contribution in [0.25, 0.3) is 0 Å². The maximum Gasteiger partial charge on any atom is 0.228 e. The van der Waals surface area contributed by atoms with Crippen molar-refractivity contribution in [2.45, 2.75) is 31.9 Å². The predicted molar refractivity (Wildman–Crippen MR) is 97.9 cm³/mol. The Morgan fingerprint density at radius 3 is 3.08 bits per heavy atom. The first kappa shape index (κ1) is 16.6. The minimum atomic E-state index is 0.146. The van der Waals surface area contributed by atoms with Gasteiger partial charge in [-0.1, -0.05) is 11.8 Å². The summed E-state index contributed by atoms with van der Waals surface area (Å²) in [5, 5.41) is 3.09. The Morgan fingerprint density at radius 1 is 1.40 bits per heavy atom. The van der Waals surface area contributed by atoms with Crippen LogP contribution in [0.1, 0.15) is 24.8 Å². The third kappa shape index (κ3) is 3.88. The van der Waals surface area contributed by atoms with E-state index in [0.29, 0.717) is 19.5 Å². The largest absolute Gasteiger partial charge is 0.376 e. The molecule has 0 unspecified atom stereocenters. The highest BCUT2D eigenvalue weighted by molar-refractivity contribution is 8.16. The van der Waals surface area contributed by atoms with Crippen LogP contribution in [0.5, 0.6) is 0 Å². The van der Waals surface area contributed by atoms with E-state index in [1.165, 1.54) is 0 Å². The van der Waals surface area contributed by atoms with Crippen molar-refractivity contribution in [3.05, 3.63) is 41.2 Å². The van der Waals surface area contributed by atoms with Crippen LogP contribution in [-0.2, 0) is 16.1 Å². The van der Waals surface area contributed by atoms with Crippen LogP contribution in [0.3, 0.4) is 0 Å². The maximum absolute atomic E-state index is 13.0. The molecule has 1 amide bonds. The third-order valence-corrected chi connectivity index (χ3v) is 5.65. The minimum Gasteiger partial charge on any atom is -0.376 e. The molecule has 3 aliphatic rings. The van der Waals surface area contributed by atoms with Gasteiger partial charge in [-0.25, -0.2) is 0 Å². The molecule has 1 saturated heterocycles. The quantitative estimate of drug-likeness (QED) is 0.781. The van der Waals surface area contributed by atoms with Gasteiger partial charge in [0.1, 0.15) is 0 Å². The highest BCUT2D eigenvalue weighted by atomic mass is 32.2. The van der Waals surface area contributed by atoms with E-state index in [4.69, 9.17) is 4.74 Å². The number of nitrogens with zero attached hydrogens (tertiary/aromatic N) is 4. The van der Waals surface area contributed by atoms with Crippen LogP contribution in [-0.4, -0.2) is 58.2 Å². The van der Waals surface area contributed by atoms with Crippen LogP contribution in [0.2, 0.25) is 0 Å². The van der Waals surface area contributed by atoms with Crippen LogP contribution in [0, 0.1) is 0 Å². The van der Waals surface area contributed by atoms with Gasteiger partial charge in [0.05, 0.1) is 19.1 Å². The highest BCUT2D eigenvalue weighted by Gasteiger charge is 2.30. The number of hydrogen-bond acceptors (Lipinski definition) is 6. The number of ether oxygens (including phenoxy) is 1. The van der Waals surface area contributed by atoms with E-state index in [2.05, 4.69) is 20.3 Å². The standard InChI is InChI=1S/C18H22N4O2S/c23-17(10-15-13-25-18-20-7-8-22(15)18)21(12-16-2-1-9-24-16)11-14-3-5-19-6-4-14/h3-6,13,16H,1-2,7-12H2/t16-/m1/s1. The first-order valence-electron chi connectivity index (χ1n) is 8.75. The summed E-state index contributed by atoms with van der Waals surface area (Å²) in [7, 11) is 0. The summed E-state index contributed by atoms with van der Waals surface area (Å²) in [6.45, 7) is 3.77. The zero-order valence-corrected chi connectivity index (χ0v) is 15.0. The van der Waals surface area contributed by atoms with Crippen molar-refractivity contribution in [3.63, 3.8) is 0 Å². The van der Waals surface area contributed by atoms with Crippen molar-refractivity contribution < 1.29 is 9.53 Å². The van der Waals surface area contributed by atoms with Gasteiger partial charge in [0.25, 0.3) is 0 Å². The molecule has 0 aromatic carbocycles. The lowest BCUT2D eigenvalue weighted by Crippen LogP contribution is -2.38. The fraction of sp³-hybridized carbons (Fsp3) is 0.500. The minimum absolute atomic E-state index is 0.146. The normalized spacial score (nSPS) is 21.9. The molecule has 0 aliphatic carbocycles. The number of rotatable bonds is 6. The number of carbonyl (C=O) groups excluding carboxylic acids is 1. The van der Waals surface area contributed by atoms with Crippen LogP contribution in [0.4, 0.5) is 0 Å². The molecule has 1 aromatic rings. The van der Waals surface area contributed by atoms with Crippen molar-refractivity contribution >= 4 is 22.8 Å². The number of fused-ring (bicyclic) bond motifs is 1. The molecule has 6 nitrogen and oxygen atoms in total. The summed E-state index contributed by atoms with van der Waals surface area (Å²) >= 11 is 1.62. The molecule has 3 aliphatic heterocycles. The van der Waals surface area contributed by atoms with Crippen LogP contribution >= 0.6 is 11.8 Å². The number of amidine groups is 1. The van der Waals surface area contributed by atoms with Crippen LogP contribution < -0.4 is 0 Å². The predicted octanol–water partition coefficient (Wildman–Crippen LogP) is 2.24. The lowest BCUT2D eigenvalue weighted by atomic mass is 10.1. The Bertz CT molecular complexity index is 686. The van der Waals surface area contributed by atoms with E-state index in [1.807, 2.05) is 17.0 Å². The van der Waals surface area contributed by atoms with E-state index in [1.54, 1.807) is 24.2 Å². The summed E-state index contributed by atoms with van der Waals surface area (Å²) in [4.78, 5) is 25.6. The lowest BCUT2D eigenvalue weighted by Gasteiger charge is -2.27. The third-order valence-electron chi connectivity index (χ3n) is 4.70. The van der Waals surface area contributed by atoms with E-state index >= 15 is 0 Å². The monoisotopic (exact) mass is 358 g/mol. The molecular formula is C18H22N4O2S. The summed E-state index contributed by atoms with van der Waals surface area (Å²) in [5.74, 6) is 0.146. The van der Waals surface area contributed by atoms with Gasteiger partial charge in [-0.3, -0.25) is 14.8 Å². The van der Waals surface area contributed by atoms with Crippen molar-refractivity contribution in [2.24, 2.45) is 4.99 Å². The van der Waals surface area contributed by atoms with Crippen molar-refractivity contribution in [3.8, 4) is 0 Å². The van der Waals surface area contributed by atoms with Crippen molar-refractivity contribution in [1.82, 2.24) is 14.8 Å². The Labute approximate surface area is 152 Å². The highest BCUT2D eigenvalue weighted by Crippen LogP contribution is 2.31.